The van der Waals surface area contributed by atoms with Crippen LogP contribution in [0.2, 0.25) is 0 Å². The first-order valence-electron chi connectivity index (χ1n) is 14.2. The largest absolute Gasteiger partial charge is 0.492 e. The van der Waals surface area contributed by atoms with Crippen LogP contribution in [0.3, 0.4) is 0 Å². The molecule has 2 N–H and O–H groups in total. The molecule has 0 spiro atoms. The molecule has 2 heterocycles. The van der Waals surface area contributed by atoms with E-state index < -0.39 is 11.8 Å². The zero-order valence-electron chi connectivity index (χ0n) is 23.4. The van der Waals surface area contributed by atoms with Gasteiger partial charge in [-0.25, -0.2) is 0 Å². The van der Waals surface area contributed by atoms with Gasteiger partial charge >= 0.3 is 0 Å². The molecule has 0 aliphatic carbocycles. The van der Waals surface area contributed by atoms with E-state index in [-0.39, 0.29) is 30.2 Å². The van der Waals surface area contributed by atoms with Crippen LogP contribution >= 0.6 is 0 Å². The fourth-order valence-electron chi connectivity index (χ4n) is 4.86. The van der Waals surface area contributed by atoms with Crippen LogP contribution in [-0.2, 0) is 16.0 Å². The maximum atomic E-state index is 13.2. The molecule has 42 heavy (non-hydrogen) atoms. The number of amides is 2. The Morgan fingerprint density at radius 1 is 0.857 bits per heavy atom. The van der Waals surface area contributed by atoms with Crippen molar-refractivity contribution in [3.8, 4) is 5.75 Å². The minimum Gasteiger partial charge on any atom is -0.492 e. The van der Waals surface area contributed by atoms with Gasteiger partial charge in [0, 0.05) is 32.6 Å². The molecule has 1 aliphatic heterocycles. The van der Waals surface area contributed by atoms with E-state index in [2.05, 4.69) is 25.7 Å². The molecule has 0 radical (unpaired) electrons. The van der Waals surface area contributed by atoms with Crippen LogP contribution in [0.5, 0.6) is 5.75 Å². The molecular weight excluding hydrogens is 534 g/mol. The van der Waals surface area contributed by atoms with E-state index in [9.17, 15) is 9.59 Å². The third-order valence-corrected chi connectivity index (χ3v) is 7.08. The molecule has 218 valence electrons. The first-order chi connectivity index (χ1) is 20.7. The number of carbonyl (C=O) groups excluding carboxylic acids is 2. The molecule has 1 fully saturated rings. The molecule has 5 rings (SSSR count). The van der Waals surface area contributed by atoms with Gasteiger partial charge in [0.25, 0.3) is 11.7 Å². The summed E-state index contributed by atoms with van der Waals surface area (Å²) >= 11 is 0. The predicted octanol–water partition coefficient (Wildman–Crippen LogP) is 3.07. The van der Waals surface area contributed by atoms with Gasteiger partial charge in [0.05, 0.1) is 25.2 Å². The van der Waals surface area contributed by atoms with Crippen molar-refractivity contribution >= 4 is 11.8 Å². The van der Waals surface area contributed by atoms with Crippen molar-refractivity contribution in [3.05, 3.63) is 114 Å². The maximum absolute atomic E-state index is 13.2. The summed E-state index contributed by atoms with van der Waals surface area (Å²) in [6, 6.07) is 28.8. The molecule has 2 amide bonds. The number of ether oxygens (including phenoxy) is 2. The SMILES string of the molecule is O=C(NCC(COc1ccccc1)N1CCOCC1)c1noc(CCNC(=O)C(c2ccccc2)c2ccccc2)n1. The fraction of sp³-hybridized carbons (Fsp3) is 0.312. The number of nitrogens with one attached hydrogen (secondary N) is 2. The molecule has 0 saturated carbocycles. The monoisotopic (exact) mass is 569 g/mol. The van der Waals surface area contributed by atoms with Gasteiger partial charge in [0.2, 0.25) is 11.8 Å². The van der Waals surface area contributed by atoms with E-state index in [1.165, 1.54) is 0 Å². The number of hydrogen-bond acceptors (Lipinski definition) is 8. The topological polar surface area (TPSA) is 119 Å². The smallest absolute Gasteiger partial charge is 0.292 e. The number of morpholine rings is 1. The molecule has 1 saturated heterocycles. The molecule has 4 aromatic rings. The highest BCUT2D eigenvalue weighted by molar-refractivity contribution is 5.90. The average Bonchev–Trinajstić information content (AvgIpc) is 3.52. The van der Waals surface area contributed by atoms with Crippen LogP contribution in [0.1, 0.15) is 33.6 Å². The normalized spacial score (nSPS) is 14.3. The van der Waals surface area contributed by atoms with Crippen molar-refractivity contribution in [1.82, 2.24) is 25.7 Å². The van der Waals surface area contributed by atoms with Crippen molar-refractivity contribution in [1.29, 1.82) is 0 Å². The molecular formula is C32H35N5O5. The van der Waals surface area contributed by atoms with Gasteiger partial charge in [0.15, 0.2) is 0 Å². The number of hydrogen-bond donors (Lipinski definition) is 2. The number of aromatic nitrogens is 2. The predicted molar refractivity (Wildman–Crippen MR) is 156 cm³/mol. The van der Waals surface area contributed by atoms with Crippen molar-refractivity contribution in [3.63, 3.8) is 0 Å². The van der Waals surface area contributed by atoms with Crippen LogP contribution in [0, 0.1) is 0 Å². The highest BCUT2D eigenvalue weighted by atomic mass is 16.5. The molecule has 1 atom stereocenters. The Morgan fingerprint density at radius 2 is 1.48 bits per heavy atom. The zero-order valence-corrected chi connectivity index (χ0v) is 23.4. The Hall–Kier alpha value is -4.54. The van der Waals surface area contributed by atoms with Gasteiger partial charge in [-0.1, -0.05) is 84.0 Å². The van der Waals surface area contributed by atoms with E-state index in [1.807, 2.05) is 91.0 Å². The summed E-state index contributed by atoms with van der Waals surface area (Å²) < 4.78 is 16.8. The first kappa shape index (κ1) is 29.0. The van der Waals surface area contributed by atoms with Crippen molar-refractivity contribution < 1.29 is 23.6 Å². The van der Waals surface area contributed by atoms with Crippen molar-refractivity contribution in [2.45, 2.75) is 18.4 Å². The van der Waals surface area contributed by atoms with Gasteiger partial charge in [-0.3, -0.25) is 14.5 Å². The molecule has 0 bridgehead atoms. The van der Waals surface area contributed by atoms with Crippen LogP contribution in [0.25, 0.3) is 0 Å². The van der Waals surface area contributed by atoms with Crippen LogP contribution < -0.4 is 15.4 Å². The van der Waals surface area contributed by atoms with Crippen LogP contribution in [-0.4, -0.2) is 78.9 Å². The second-order valence-electron chi connectivity index (χ2n) is 9.94. The quantitative estimate of drug-likeness (QED) is 0.252. The fourth-order valence-corrected chi connectivity index (χ4v) is 4.86. The van der Waals surface area contributed by atoms with E-state index in [0.717, 1.165) is 30.0 Å². The Balaban J connectivity index is 1.13. The van der Waals surface area contributed by atoms with Crippen LogP contribution in [0.15, 0.2) is 95.5 Å². The van der Waals surface area contributed by atoms with E-state index in [4.69, 9.17) is 14.0 Å². The Labute approximate surface area is 245 Å². The Bertz CT molecular complexity index is 1360. The van der Waals surface area contributed by atoms with Gasteiger partial charge in [-0.05, 0) is 23.3 Å². The number of rotatable bonds is 13. The second-order valence-corrected chi connectivity index (χ2v) is 9.94. The number of carbonyl (C=O) groups is 2. The molecule has 3 aromatic carbocycles. The van der Waals surface area contributed by atoms with E-state index >= 15 is 0 Å². The Kier molecular flexibility index (Phi) is 10.3. The standard InChI is InChI=1S/C32H35N5O5/c38-31(29(24-10-4-1-5-11-24)25-12-6-2-7-13-25)33-17-16-28-35-30(36-42-28)32(39)34-22-26(37-18-20-40-21-19-37)23-41-27-14-8-3-9-15-27/h1-15,26,29H,16-23H2,(H,33,38)(H,34,39). The van der Waals surface area contributed by atoms with E-state index in [0.29, 0.717) is 32.8 Å². The minimum absolute atomic E-state index is 0.0486. The Morgan fingerprint density at radius 3 is 2.12 bits per heavy atom. The molecule has 10 heteroatoms. The highest BCUT2D eigenvalue weighted by Gasteiger charge is 2.25. The lowest BCUT2D eigenvalue weighted by atomic mass is 9.90. The summed E-state index contributed by atoms with van der Waals surface area (Å²) in [5.41, 5.74) is 1.81. The lowest BCUT2D eigenvalue weighted by Crippen LogP contribution is -2.51. The number of benzene rings is 3. The summed E-state index contributed by atoms with van der Waals surface area (Å²) in [7, 11) is 0. The van der Waals surface area contributed by atoms with E-state index in [1.54, 1.807) is 0 Å². The summed E-state index contributed by atoms with van der Waals surface area (Å²) in [5, 5.41) is 9.74. The summed E-state index contributed by atoms with van der Waals surface area (Å²) in [5.74, 6) is -0.00410. The number of nitrogens with zero attached hydrogens (tertiary/aromatic N) is 3. The third kappa shape index (κ3) is 8.02. The molecule has 1 unspecified atom stereocenters. The third-order valence-electron chi connectivity index (χ3n) is 7.08. The van der Waals surface area contributed by atoms with Gasteiger partial charge in [-0.2, -0.15) is 4.98 Å². The zero-order chi connectivity index (χ0) is 29.0. The van der Waals surface area contributed by atoms with Gasteiger partial charge in [-0.15, -0.1) is 0 Å². The molecule has 10 nitrogen and oxygen atoms in total. The summed E-state index contributed by atoms with van der Waals surface area (Å²) in [6.07, 6.45) is 0.295. The lowest BCUT2D eigenvalue weighted by Gasteiger charge is -2.34. The van der Waals surface area contributed by atoms with Crippen LogP contribution in [0.4, 0.5) is 0 Å². The molecule has 1 aromatic heterocycles. The maximum Gasteiger partial charge on any atom is 0.292 e. The van der Waals surface area contributed by atoms with Gasteiger partial charge in [0.1, 0.15) is 12.4 Å². The van der Waals surface area contributed by atoms with Crippen molar-refractivity contribution in [2.24, 2.45) is 0 Å². The van der Waals surface area contributed by atoms with Crippen molar-refractivity contribution in [2.75, 3.05) is 46.0 Å². The van der Waals surface area contributed by atoms with Gasteiger partial charge < -0.3 is 24.6 Å². The summed E-state index contributed by atoms with van der Waals surface area (Å²) in [6.45, 7) is 3.84. The first-order valence-corrected chi connectivity index (χ1v) is 14.2. The average molecular weight is 570 g/mol. The summed E-state index contributed by atoms with van der Waals surface area (Å²) in [4.78, 5) is 32.6. The number of para-hydroxylation sites is 1. The highest BCUT2D eigenvalue weighted by Crippen LogP contribution is 2.24. The molecule has 1 aliphatic rings. The minimum atomic E-state index is -0.443. The lowest BCUT2D eigenvalue weighted by molar-refractivity contribution is -0.121. The second kappa shape index (κ2) is 14.9.